The van der Waals surface area contributed by atoms with Crippen molar-refractivity contribution >= 4 is 16.8 Å². The predicted molar refractivity (Wildman–Crippen MR) is 138 cm³/mol. The molecule has 1 saturated heterocycles. The molecule has 2 aliphatic heterocycles. The van der Waals surface area contributed by atoms with Crippen molar-refractivity contribution in [2.75, 3.05) is 13.2 Å². The average Bonchev–Trinajstić information content (AvgIpc) is 3.62. The van der Waals surface area contributed by atoms with E-state index in [2.05, 4.69) is 32.1 Å². The van der Waals surface area contributed by atoms with Gasteiger partial charge in [-0.3, -0.25) is 4.79 Å². The fourth-order valence-electron chi connectivity index (χ4n) is 5.17. The second-order valence-corrected chi connectivity index (χ2v) is 9.86. The smallest absolute Gasteiger partial charge is 0.270 e. The number of hydrogen-bond donors (Lipinski definition) is 2. The number of aromatic amines is 1. The molecule has 1 aromatic carbocycles. The number of nitrogens with zero attached hydrogens (tertiary/aromatic N) is 3. The zero-order valence-corrected chi connectivity index (χ0v) is 20.9. The maximum absolute atomic E-state index is 14.9. The Labute approximate surface area is 218 Å². The molecule has 38 heavy (non-hydrogen) atoms. The molecule has 3 aromatic heterocycles. The SMILES string of the molecule is Cc1nc(C(=O)NC(c2cc3ccccc3[nH]2)c2ncn3c2C[C@@H](F)C3)cc(C#CC2CCOCC2)c1F. The molecule has 0 spiro atoms. The van der Waals surface area contributed by atoms with Gasteiger partial charge in [0.25, 0.3) is 5.91 Å². The third-order valence-electron chi connectivity index (χ3n) is 7.19. The minimum atomic E-state index is -0.996. The van der Waals surface area contributed by atoms with Gasteiger partial charge in [0.05, 0.1) is 29.8 Å². The molecule has 2 atom stereocenters. The highest BCUT2D eigenvalue weighted by Crippen LogP contribution is 2.31. The first-order chi connectivity index (χ1) is 18.5. The number of ether oxygens (including phenoxy) is 1. The van der Waals surface area contributed by atoms with Crippen LogP contribution in [0.3, 0.4) is 0 Å². The van der Waals surface area contributed by atoms with Crippen LogP contribution in [-0.2, 0) is 17.7 Å². The van der Waals surface area contributed by atoms with Crippen molar-refractivity contribution in [3.63, 3.8) is 0 Å². The quantitative estimate of drug-likeness (QED) is 0.395. The molecule has 0 radical (unpaired) electrons. The normalized spacial score (nSPS) is 18.1. The van der Waals surface area contributed by atoms with E-state index in [-0.39, 0.29) is 35.8 Å². The first-order valence-electron chi connectivity index (χ1n) is 12.8. The van der Waals surface area contributed by atoms with E-state index in [4.69, 9.17) is 4.74 Å². The third kappa shape index (κ3) is 4.68. The van der Waals surface area contributed by atoms with Gasteiger partial charge >= 0.3 is 0 Å². The van der Waals surface area contributed by atoms with Gasteiger partial charge in [-0.25, -0.2) is 18.7 Å². The second kappa shape index (κ2) is 10.0. The lowest BCUT2D eigenvalue weighted by atomic mass is 10.0. The zero-order valence-electron chi connectivity index (χ0n) is 20.9. The minimum Gasteiger partial charge on any atom is -0.381 e. The van der Waals surface area contributed by atoms with E-state index in [9.17, 15) is 13.6 Å². The highest BCUT2D eigenvalue weighted by Gasteiger charge is 2.31. The number of nitrogens with one attached hydrogen (secondary N) is 2. The number of aryl methyl sites for hydroxylation is 1. The van der Waals surface area contributed by atoms with Crippen LogP contribution in [-0.4, -0.2) is 44.8 Å². The molecule has 6 rings (SSSR count). The van der Waals surface area contributed by atoms with Gasteiger partial charge < -0.3 is 19.6 Å². The van der Waals surface area contributed by atoms with Crippen molar-refractivity contribution in [3.05, 3.63) is 82.6 Å². The van der Waals surface area contributed by atoms with Crippen LogP contribution in [0.5, 0.6) is 0 Å². The summed E-state index contributed by atoms with van der Waals surface area (Å²) in [5.74, 6) is 5.15. The molecule has 0 saturated carbocycles. The molecule has 1 fully saturated rings. The molecule has 1 unspecified atom stereocenters. The lowest BCUT2D eigenvalue weighted by molar-refractivity contribution is 0.0807. The van der Waals surface area contributed by atoms with E-state index in [1.807, 2.05) is 30.3 Å². The van der Waals surface area contributed by atoms with Gasteiger partial charge in [0.2, 0.25) is 0 Å². The molecular weight excluding hydrogens is 488 g/mol. The van der Waals surface area contributed by atoms with Crippen molar-refractivity contribution in [2.45, 2.75) is 44.9 Å². The lowest BCUT2D eigenvalue weighted by Crippen LogP contribution is -2.31. The van der Waals surface area contributed by atoms with Crippen LogP contribution < -0.4 is 5.32 Å². The van der Waals surface area contributed by atoms with Gasteiger partial charge in [-0.15, -0.1) is 0 Å². The number of hydrogen-bond acceptors (Lipinski definition) is 4. The van der Waals surface area contributed by atoms with Crippen LogP contribution in [0.4, 0.5) is 8.78 Å². The number of imidazole rings is 1. The zero-order chi connectivity index (χ0) is 26.2. The van der Waals surface area contributed by atoms with Gasteiger partial charge in [0, 0.05) is 42.5 Å². The topological polar surface area (TPSA) is 84.8 Å². The predicted octanol–water partition coefficient (Wildman–Crippen LogP) is 4.40. The van der Waals surface area contributed by atoms with Crippen molar-refractivity contribution < 1.29 is 18.3 Å². The van der Waals surface area contributed by atoms with Crippen molar-refractivity contribution in [3.8, 4) is 11.8 Å². The number of H-pyrrole nitrogens is 1. The summed E-state index contributed by atoms with van der Waals surface area (Å²) in [6, 6.07) is 10.4. The van der Waals surface area contributed by atoms with Crippen LogP contribution in [0.1, 0.15) is 57.7 Å². The molecule has 9 heteroatoms. The summed E-state index contributed by atoms with van der Waals surface area (Å²) in [5.41, 5.74) is 3.22. The minimum absolute atomic E-state index is 0.0560. The standard InChI is InChI=1S/C29H27F2N5O2/c1-17-26(31)20(7-6-18-8-10-38-11-9-18)13-24(33-17)29(37)35-27(23-12-19-4-2-3-5-22(19)34-23)28-25-14-21(30)15-36(25)16-32-28/h2-5,12-13,16,18,21,27,34H,8-11,14-15H2,1H3,(H,35,37)/t21-,27?/m1/s1. The summed E-state index contributed by atoms with van der Waals surface area (Å²) < 4.78 is 36.2. The number of carbonyl (C=O) groups is 1. The number of pyridine rings is 1. The van der Waals surface area contributed by atoms with Gasteiger partial charge in [-0.05, 0) is 43.4 Å². The number of fused-ring (bicyclic) bond motifs is 2. The van der Waals surface area contributed by atoms with E-state index in [1.165, 1.54) is 13.0 Å². The molecule has 1 amide bonds. The number of alkyl halides is 1. The molecule has 0 bridgehead atoms. The highest BCUT2D eigenvalue weighted by atomic mass is 19.1. The van der Waals surface area contributed by atoms with Crippen LogP contribution in [0.2, 0.25) is 0 Å². The Hall–Kier alpha value is -4.03. The van der Waals surface area contributed by atoms with Gasteiger partial charge in [-0.1, -0.05) is 30.0 Å². The van der Waals surface area contributed by atoms with Crippen LogP contribution in [0.15, 0.2) is 42.7 Å². The van der Waals surface area contributed by atoms with Crippen LogP contribution >= 0.6 is 0 Å². The summed E-state index contributed by atoms with van der Waals surface area (Å²) >= 11 is 0. The molecule has 194 valence electrons. The molecular formula is C29H27F2N5O2. The number of benzene rings is 1. The average molecular weight is 516 g/mol. The molecule has 4 aromatic rings. The van der Waals surface area contributed by atoms with Crippen LogP contribution in [0.25, 0.3) is 10.9 Å². The lowest BCUT2D eigenvalue weighted by Gasteiger charge is -2.18. The number of carbonyl (C=O) groups excluding carboxylic acids is 1. The summed E-state index contributed by atoms with van der Waals surface area (Å²) in [4.78, 5) is 25.7. The number of aromatic nitrogens is 4. The Bertz CT molecular complexity index is 1540. The molecule has 2 aliphatic rings. The fraction of sp³-hybridized carbons (Fsp3) is 0.345. The number of amides is 1. The van der Waals surface area contributed by atoms with E-state index in [1.54, 1.807) is 10.9 Å². The van der Waals surface area contributed by atoms with Gasteiger partial charge in [0.15, 0.2) is 5.82 Å². The fourth-order valence-corrected chi connectivity index (χ4v) is 5.17. The molecule has 7 nitrogen and oxygen atoms in total. The Balaban J connectivity index is 1.34. The highest BCUT2D eigenvalue weighted by molar-refractivity contribution is 5.93. The maximum Gasteiger partial charge on any atom is 0.270 e. The summed E-state index contributed by atoms with van der Waals surface area (Å²) in [6.45, 7) is 3.04. The van der Waals surface area contributed by atoms with Crippen molar-refractivity contribution in [1.82, 2.24) is 24.8 Å². The Morgan fingerprint density at radius 1 is 1.26 bits per heavy atom. The first-order valence-corrected chi connectivity index (χ1v) is 12.8. The maximum atomic E-state index is 14.9. The van der Waals surface area contributed by atoms with E-state index in [0.29, 0.717) is 24.6 Å². The first kappa shape index (κ1) is 24.3. The van der Waals surface area contributed by atoms with Crippen molar-refractivity contribution in [2.24, 2.45) is 5.92 Å². The van der Waals surface area contributed by atoms with Gasteiger partial charge in [-0.2, -0.15) is 0 Å². The van der Waals surface area contributed by atoms with E-state index in [0.717, 1.165) is 29.4 Å². The summed E-state index contributed by atoms with van der Waals surface area (Å²) in [6.07, 6.45) is 2.43. The summed E-state index contributed by atoms with van der Waals surface area (Å²) in [5, 5.41) is 3.99. The molecule has 0 aliphatic carbocycles. The largest absolute Gasteiger partial charge is 0.381 e. The molecule has 5 heterocycles. The third-order valence-corrected chi connectivity index (χ3v) is 7.19. The second-order valence-electron chi connectivity index (χ2n) is 9.86. The van der Waals surface area contributed by atoms with E-state index < -0.39 is 23.9 Å². The van der Waals surface area contributed by atoms with Crippen LogP contribution in [0, 0.1) is 30.5 Å². The van der Waals surface area contributed by atoms with Crippen molar-refractivity contribution in [1.29, 1.82) is 0 Å². The molecule has 2 N–H and O–H groups in total. The van der Waals surface area contributed by atoms with Gasteiger partial charge in [0.1, 0.15) is 17.9 Å². The summed E-state index contributed by atoms with van der Waals surface area (Å²) in [7, 11) is 0. The number of rotatable bonds is 4. The van der Waals surface area contributed by atoms with E-state index >= 15 is 0 Å². The Morgan fingerprint density at radius 3 is 2.89 bits per heavy atom. The Morgan fingerprint density at radius 2 is 2.08 bits per heavy atom. The number of halogens is 2. The monoisotopic (exact) mass is 515 g/mol. The number of para-hydroxylation sites is 1. The Kier molecular flexibility index (Phi) is 6.42.